The molecule has 0 fully saturated rings. The van der Waals surface area contributed by atoms with E-state index in [0.717, 1.165) is 12.0 Å². The third kappa shape index (κ3) is 3.29. The minimum atomic E-state index is -0.401. The van der Waals surface area contributed by atoms with Crippen molar-refractivity contribution in [2.45, 2.75) is 39.9 Å². The topological polar surface area (TPSA) is 81.6 Å². The van der Waals surface area contributed by atoms with Gasteiger partial charge in [0.05, 0.1) is 5.52 Å². The molecule has 0 radical (unpaired) electrons. The van der Waals surface area contributed by atoms with E-state index < -0.39 is 5.69 Å². The molecular formula is C22H23N5O3S. The Morgan fingerprint density at radius 2 is 1.94 bits per heavy atom. The van der Waals surface area contributed by atoms with Crippen molar-refractivity contribution in [3.63, 3.8) is 0 Å². The molecule has 1 aliphatic heterocycles. The zero-order chi connectivity index (χ0) is 21.7. The first kappa shape index (κ1) is 19.7. The van der Waals surface area contributed by atoms with Crippen molar-refractivity contribution in [1.82, 2.24) is 23.6 Å². The molecule has 1 aromatic carbocycles. The minimum Gasteiger partial charge on any atom is -0.336 e. The fourth-order valence-electron chi connectivity index (χ4n) is 4.20. The van der Waals surface area contributed by atoms with Crippen LogP contribution in [0.1, 0.15) is 25.0 Å². The fourth-order valence-corrected chi connectivity index (χ4v) is 5.03. The molecule has 5 rings (SSSR count). The number of thiophene rings is 1. The molecule has 0 saturated heterocycles. The standard InChI is InChI=1S/C22H23N5O3S/c1-14(2)11-25-20(29)19-17(8-10-31-19)27-21(25)23-26(22(27)30)13-18(28)24-9-7-15-5-3-4-6-16(15)12-24/h3-6,8,10,14H,7,9,11-13H2,1-2H3. The Labute approximate surface area is 181 Å². The lowest BCUT2D eigenvalue weighted by atomic mass is 10.00. The maximum Gasteiger partial charge on any atom is 0.352 e. The van der Waals surface area contributed by atoms with E-state index in [2.05, 4.69) is 11.2 Å². The maximum atomic E-state index is 13.2. The van der Waals surface area contributed by atoms with Crippen LogP contribution in [0.4, 0.5) is 0 Å². The number of rotatable bonds is 4. The first-order valence-corrected chi connectivity index (χ1v) is 11.3. The first-order valence-electron chi connectivity index (χ1n) is 10.4. The average Bonchev–Trinajstić information content (AvgIpc) is 3.36. The monoisotopic (exact) mass is 437 g/mol. The third-order valence-electron chi connectivity index (χ3n) is 5.70. The smallest absolute Gasteiger partial charge is 0.336 e. The van der Waals surface area contributed by atoms with E-state index in [1.165, 1.54) is 26.0 Å². The second-order valence-electron chi connectivity index (χ2n) is 8.35. The summed E-state index contributed by atoms with van der Waals surface area (Å²) >= 11 is 1.31. The lowest BCUT2D eigenvalue weighted by Crippen LogP contribution is -2.39. The zero-order valence-corrected chi connectivity index (χ0v) is 18.3. The van der Waals surface area contributed by atoms with Crippen molar-refractivity contribution in [3.05, 3.63) is 67.7 Å². The minimum absolute atomic E-state index is 0.149. The SMILES string of the molecule is CC(C)Cn1c(=O)c2sccc2n2c(=O)n(CC(=O)N3CCc4ccccc4C3)nc12. The summed E-state index contributed by atoms with van der Waals surface area (Å²) in [5, 5.41) is 6.22. The second kappa shape index (κ2) is 7.49. The van der Waals surface area contributed by atoms with Gasteiger partial charge in [0.2, 0.25) is 11.7 Å². The molecule has 3 aromatic heterocycles. The second-order valence-corrected chi connectivity index (χ2v) is 9.27. The molecule has 0 unspecified atom stereocenters. The van der Waals surface area contributed by atoms with Gasteiger partial charge in [0, 0.05) is 19.6 Å². The van der Waals surface area contributed by atoms with Crippen LogP contribution in [0.3, 0.4) is 0 Å². The zero-order valence-electron chi connectivity index (χ0n) is 17.4. The van der Waals surface area contributed by atoms with E-state index in [4.69, 9.17) is 0 Å². The van der Waals surface area contributed by atoms with Gasteiger partial charge in [-0.2, -0.15) is 0 Å². The van der Waals surface area contributed by atoms with Gasteiger partial charge in [-0.15, -0.1) is 16.4 Å². The van der Waals surface area contributed by atoms with Crippen LogP contribution in [0, 0.1) is 5.92 Å². The van der Waals surface area contributed by atoms with E-state index in [1.807, 2.05) is 32.0 Å². The van der Waals surface area contributed by atoms with E-state index >= 15 is 0 Å². The predicted octanol–water partition coefficient (Wildman–Crippen LogP) is 2.11. The van der Waals surface area contributed by atoms with Gasteiger partial charge in [0.25, 0.3) is 5.56 Å². The van der Waals surface area contributed by atoms with Gasteiger partial charge in [0.1, 0.15) is 11.2 Å². The maximum absolute atomic E-state index is 13.2. The summed E-state index contributed by atoms with van der Waals surface area (Å²) in [6, 6.07) is 9.85. The van der Waals surface area contributed by atoms with Crippen molar-refractivity contribution in [1.29, 1.82) is 0 Å². The van der Waals surface area contributed by atoms with Gasteiger partial charge in [-0.1, -0.05) is 38.1 Å². The van der Waals surface area contributed by atoms with Crippen molar-refractivity contribution < 1.29 is 4.79 Å². The van der Waals surface area contributed by atoms with Crippen molar-refractivity contribution in [2.24, 2.45) is 5.92 Å². The summed E-state index contributed by atoms with van der Waals surface area (Å²) in [4.78, 5) is 40.9. The van der Waals surface area contributed by atoms with Crippen LogP contribution in [0.25, 0.3) is 16.0 Å². The van der Waals surface area contributed by atoms with Crippen LogP contribution in [0.2, 0.25) is 0 Å². The Morgan fingerprint density at radius 1 is 1.16 bits per heavy atom. The molecular weight excluding hydrogens is 414 g/mol. The van der Waals surface area contributed by atoms with Crippen molar-refractivity contribution in [2.75, 3.05) is 6.54 Å². The Hall–Kier alpha value is -3.20. The summed E-state index contributed by atoms with van der Waals surface area (Å²) in [5.41, 5.74) is 2.38. The Kier molecular flexibility index (Phi) is 4.77. The fraction of sp³-hybridized carbons (Fsp3) is 0.364. The van der Waals surface area contributed by atoms with Crippen LogP contribution in [0.5, 0.6) is 0 Å². The Bertz CT molecular complexity index is 1420. The van der Waals surface area contributed by atoms with Crippen LogP contribution in [-0.4, -0.2) is 36.1 Å². The molecule has 0 bridgehead atoms. The van der Waals surface area contributed by atoms with E-state index in [1.54, 1.807) is 20.9 Å². The molecule has 9 heteroatoms. The highest BCUT2D eigenvalue weighted by Crippen LogP contribution is 2.20. The van der Waals surface area contributed by atoms with Crippen LogP contribution >= 0.6 is 11.3 Å². The summed E-state index contributed by atoms with van der Waals surface area (Å²) in [5.74, 6) is 0.333. The normalized spacial score (nSPS) is 14.0. The molecule has 8 nitrogen and oxygen atoms in total. The van der Waals surface area contributed by atoms with Crippen LogP contribution in [0.15, 0.2) is 45.3 Å². The first-order chi connectivity index (χ1) is 14.9. The highest BCUT2D eigenvalue weighted by Gasteiger charge is 2.24. The largest absolute Gasteiger partial charge is 0.352 e. The quantitative estimate of drug-likeness (QED) is 0.490. The molecule has 1 amide bonds. The van der Waals surface area contributed by atoms with Crippen molar-refractivity contribution in [3.8, 4) is 0 Å². The Morgan fingerprint density at radius 3 is 2.71 bits per heavy atom. The van der Waals surface area contributed by atoms with E-state index in [9.17, 15) is 14.4 Å². The molecule has 0 saturated carbocycles. The van der Waals surface area contributed by atoms with Gasteiger partial charge in [0.15, 0.2) is 0 Å². The number of fused-ring (bicyclic) bond motifs is 4. The molecule has 0 spiro atoms. The number of hydrogen-bond donors (Lipinski definition) is 0. The molecule has 0 N–H and O–H groups in total. The van der Waals surface area contributed by atoms with Crippen LogP contribution in [-0.2, 0) is 30.8 Å². The molecule has 0 atom stereocenters. The molecule has 31 heavy (non-hydrogen) atoms. The number of amides is 1. The molecule has 4 aromatic rings. The van der Waals surface area contributed by atoms with E-state index in [-0.39, 0.29) is 29.7 Å². The number of carbonyl (C=O) groups excluding carboxylic acids is 1. The van der Waals surface area contributed by atoms with Gasteiger partial charge in [-0.25, -0.2) is 13.9 Å². The highest BCUT2D eigenvalue weighted by molar-refractivity contribution is 7.17. The van der Waals surface area contributed by atoms with Gasteiger partial charge in [-0.3, -0.25) is 14.2 Å². The summed E-state index contributed by atoms with van der Waals surface area (Å²) in [6.07, 6.45) is 0.797. The number of hydrogen-bond acceptors (Lipinski definition) is 5. The van der Waals surface area contributed by atoms with Gasteiger partial charge in [-0.05, 0) is 34.9 Å². The summed E-state index contributed by atoms with van der Waals surface area (Å²) in [7, 11) is 0. The lowest BCUT2D eigenvalue weighted by molar-refractivity contribution is -0.133. The number of benzene rings is 1. The van der Waals surface area contributed by atoms with E-state index in [0.29, 0.717) is 29.9 Å². The van der Waals surface area contributed by atoms with Crippen LogP contribution < -0.4 is 11.2 Å². The lowest BCUT2D eigenvalue weighted by Gasteiger charge is -2.28. The third-order valence-corrected chi connectivity index (χ3v) is 6.60. The van der Waals surface area contributed by atoms with Gasteiger partial charge >= 0.3 is 5.69 Å². The number of aromatic nitrogens is 4. The van der Waals surface area contributed by atoms with Gasteiger partial charge < -0.3 is 4.90 Å². The highest BCUT2D eigenvalue weighted by atomic mass is 32.1. The predicted molar refractivity (Wildman–Crippen MR) is 119 cm³/mol. The number of nitrogens with zero attached hydrogens (tertiary/aromatic N) is 5. The average molecular weight is 438 g/mol. The summed E-state index contributed by atoms with van der Waals surface area (Å²) in [6.45, 7) is 5.46. The van der Waals surface area contributed by atoms with Crippen molar-refractivity contribution >= 4 is 33.2 Å². The Balaban J connectivity index is 1.54. The molecule has 160 valence electrons. The molecule has 0 aliphatic carbocycles. The molecule has 4 heterocycles. The summed E-state index contributed by atoms with van der Waals surface area (Å²) < 4.78 is 4.71. The number of carbonyl (C=O) groups is 1. The molecule has 1 aliphatic rings.